The number of carbonyl (C=O) groups excluding carboxylic acids is 2. The molecule has 0 saturated carbocycles. The van der Waals surface area contributed by atoms with Gasteiger partial charge in [-0.3, -0.25) is 14.9 Å². The molecule has 0 spiro atoms. The van der Waals surface area contributed by atoms with Gasteiger partial charge in [-0.05, 0) is 49.9 Å². The van der Waals surface area contributed by atoms with Gasteiger partial charge < -0.3 is 9.47 Å². The van der Waals surface area contributed by atoms with E-state index in [1.165, 1.54) is 16.7 Å². The van der Waals surface area contributed by atoms with Crippen molar-refractivity contribution in [2.75, 3.05) is 19.8 Å². The molecule has 0 bridgehead atoms. The fourth-order valence-electron chi connectivity index (χ4n) is 4.79. The number of nitrogens with one attached hydrogen (secondary N) is 1. The quantitative estimate of drug-likeness (QED) is 0.115. The van der Waals surface area contributed by atoms with Crippen molar-refractivity contribution in [3.8, 4) is 0 Å². The standard InChI is InChI=1S/C32H39NO4/c1-3-36-30(34)29(31(35)37-4-2)24-16-5-6-17-25-33-32(26-18-10-7-11-19-26,27-20-12-8-13-21-27)28-22-14-9-15-23-28/h7-15,18-23,29,33H,3-6,16-17,24-25H2,1-2H3. The third kappa shape index (κ3) is 7.53. The molecule has 37 heavy (non-hydrogen) atoms. The fourth-order valence-corrected chi connectivity index (χ4v) is 4.79. The third-order valence-electron chi connectivity index (χ3n) is 6.57. The number of esters is 2. The molecular weight excluding hydrogens is 462 g/mol. The molecule has 0 radical (unpaired) electrons. The molecule has 196 valence electrons. The maximum Gasteiger partial charge on any atom is 0.320 e. The lowest BCUT2D eigenvalue weighted by Crippen LogP contribution is -2.45. The molecule has 0 amide bonds. The zero-order valence-electron chi connectivity index (χ0n) is 22.0. The molecule has 0 aliphatic rings. The van der Waals surface area contributed by atoms with E-state index in [4.69, 9.17) is 9.47 Å². The molecule has 0 aromatic heterocycles. The van der Waals surface area contributed by atoms with Crippen molar-refractivity contribution in [1.82, 2.24) is 5.32 Å². The molecule has 3 aromatic rings. The average molecular weight is 502 g/mol. The molecule has 5 nitrogen and oxygen atoms in total. The lowest BCUT2D eigenvalue weighted by molar-refractivity contribution is -0.161. The number of rotatable bonds is 15. The first-order chi connectivity index (χ1) is 18.1. The largest absolute Gasteiger partial charge is 0.465 e. The van der Waals surface area contributed by atoms with Crippen molar-refractivity contribution < 1.29 is 19.1 Å². The zero-order chi connectivity index (χ0) is 26.3. The Morgan fingerprint density at radius 2 is 1.05 bits per heavy atom. The Bertz CT molecular complexity index is 955. The molecule has 0 heterocycles. The summed E-state index contributed by atoms with van der Waals surface area (Å²) in [5.74, 6) is -1.80. The molecule has 0 fully saturated rings. The van der Waals surface area contributed by atoms with Gasteiger partial charge in [0.2, 0.25) is 0 Å². The maximum atomic E-state index is 12.2. The van der Waals surface area contributed by atoms with Crippen LogP contribution in [-0.2, 0) is 24.6 Å². The normalized spacial score (nSPS) is 11.3. The Morgan fingerprint density at radius 1 is 0.649 bits per heavy atom. The van der Waals surface area contributed by atoms with Crippen LogP contribution < -0.4 is 5.32 Å². The third-order valence-corrected chi connectivity index (χ3v) is 6.57. The summed E-state index contributed by atoms with van der Waals surface area (Å²) in [7, 11) is 0. The van der Waals surface area contributed by atoms with Gasteiger partial charge in [0.25, 0.3) is 0 Å². The minimum absolute atomic E-state index is 0.256. The van der Waals surface area contributed by atoms with Crippen molar-refractivity contribution >= 4 is 11.9 Å². The lowest BCUT2D eigenvalue weighted by Gasteiger charge is -2.37. The van der Waals surface area contributed by atoms with E-state index >= 15 is 0 Å². The number of unbranched alkanes of at least 4 members (excludes halogenated alkanes) is 3. The summed E-state index contributed by atoms with van der Waals surface area (Å²) >= 11 is 0. The first-order valence-electron chi connectivity index (χ1n) is 13.4. The van der Waals surface area contributed by atoms with Crippen molar-refractivity contribution in [2.24, 2.45) is 5.92 Å². The Labute approximate surface area is 221 Å². The highest BCUT2D eigenvalue weighted by Crippen LogP contribution is 2.36. The smallest absolute Gasteiger partial charge is 0.320 e. The summed E-state index contributed by atoms with van der Waals surface area (Å²) in [4.78, 5) is 24.4. The summed E-state index contributed by atoms with van der Waals surface area (Å²) in [6.45, 7) is 4.82. The molecular formula is C32H39NO4. The van der Waals surface area contributed by atoms with Gasteiger partial charge in [0.15, 0.2) is 5.92 Å². The molecule has 0 unspecified atom stereocenters. The van der Waals surface area contributed by atoms with Gasteiger partial charge in [-0.1, -0.05) is 110 Å². The van der Waals surface area contributed by atoms with Crippen molar-refractivity contribution in [3.05, 3.63) is 108 Å². The number of hydrogen-bond donors (Lipinski definition) is 1. The van der Waals surface area contributed by atoms with Gasteiger partial charge in [-0.25, -0.2) is 0 Å². The number of carbonyl (C=O) groups is 2. The van der Waals surface area contributed by atoms with Crippen LogP contribution in [0.25, 0.3) is 0 Å². The molecule has 3 aromatic carbocycles. The highest BCUT2D eigenvalue weighted by Gasteiger charge is 2.35. The summed E-state index contributed by atoms with van der Waals surface area (Å²) in [5, 5.41) is 3.90. The van der Waals surface area contributed by atoms with Crippen LogP contribution in [0.4, 0.5) is 0 Å². The van der Waals surface area contributed by atoms with Crippen molar-refractivity contribution in [3.63, 3.8) is 0 Å². The van der Waals surface area contributed by atoms with E-state index < -0.39 is 23.4 Å². The van der Waals surface area contributed by atoms with Crippen LogP contribution >= 0.6 is 0 Å². The van der Waals surface area contributed by atoms with Crippen LogP contribution in [0.2, 0.25) is 0 Å². The highest BCUT2D eigenvalue weighted by atomic mass is 16.6. The predicted octanol–water partition coefficient (Wildman–Crippen LogP) is 6.26. The lowest BCUT2D eigenvalue weighted by atomic mass is 9.77. The Hall–Kier alpha value is -3.44. The van der Waals surface area contributed by atoms with Crippen LogP contribution in [0.5, 0.6) is 0 Å². The number of hydrogen-bond acceptors (Lipinski definition) is 5. The number of benzene rings is 3. The van der Waals surface area contributed by atoms with Crippen LogP contribution in [0.15, 0.2) is 91.0 Å². The topological polar surface area (TPSA) is 64.6 Å². The molecule has 0 atom stereocenters. The second-order valence-electron chi connectivity index (χ2n) is 9.03. The van der Waals surface area contributed by atoms with E-state index in [9.17, 15) is 9.59 Å². The van der Waals surface area contributed by atoms with Crippen LogP contribution in [0, 0.1) is 5.92 Å². The van der Waals surface area contributed by atoms with Gasteiger partial charge in [0.1, 0.15) is 0 Å². The van der Waals surface area contributed by atoms with Gasteiger partial charge >= 0.3 is 11.9 Å². The fraction of sp³-hybridized carbons (Fsp3) is 0.375. The second kappa shape index (κ2) is 15.0. The second-order valence-corrected chi connectivity index (χ2v) is 9.03. The molecule has 0 aliphatic heterocycles. The van der Waals surface area contributed by atoms with Gasteiger partial charge in [0, 0.05) is 0 Å². The summed E-state index contributed by atoms with van der Waals surface area (Å²) in [6.07, 6.45) is 4.10. The minimum Gasteiger partial charge on any atom is -0.465 e. The minimum atomic E-state index is -0.833. The van der Waals surface area contributed by atoms with Crippen LogP contribution in [0.3, 0.4) is 0 Å². The van der Waals surface area contributed by atoms with E-state index in [1.54, 1.807) is 13.8 Å². The molecule has 5 heteroatoms. The molecule has 3 rings (SSSR count). The van der Waals surface area contributed by atoms with Gasteiger partial charge in [-0.15, -0.1) is 0 Å². The first kappa shape index (κ1) is 28.1. The molecule has 0 saturated heterocycles. The SMILES string of the molecule is CCOC(=O)C(CCCCCCNC(c1ccccc1)(c1ccccc1)c1ccccc1)C(=O)OCC. The zero-order valence-corrected chi connectivity index (χ0v) is 22.0. The maximum absolute atomic E-state index is 12.2. The first-order valence-corrected chi connectivity index (χ1v) is 13.4. The van der Waals surface area contributed by atoms with E-state index in [-0.39, 0.29) is 13.2 Å². The van der Waals surface area contributed by atoms with Gasteiger partial charge in [-0.2, -0.15) is 0 Å². The number of ether oxygens (including phenoxy) is 2. The van der Waals surface area contributed by atoms with Crippen molar-refractivity contribution in [2.45, 2.75) is 51.5 Å². The molecule has 1 N–H and O–H groups in total. The van der Waals surface area contributed by atoms with E-state index in [0.29, 0.717) is 6.42 Å². The van der Waals surface area contributed by atoms with Crippen LogP contribution in [0.1, 0.15) is 62.6 Å². The Balaban J connectivity index is 1.66. The van der Waals surface area contributed by atoms with E-state index in [2.05, 4.69) is 78.1 Å². The monoisotopic (exact) mass is 501 g/mol. The summed E-state index contributed by atoms with van der Waals surface area (Å²) in [5.41, 5.74) is 3.11. The Kier molecular flexibility index (Phi) is 11.4. The molecule has 0 aliphatic carbocycles. The summed E-state index contributed by atoms with van der Waals surface area (Å²) in [6, 6.07) is 31.7. The predicted molar refractivity (Wildman–Crippen MR) is 147 cm³/mol. The van der Waals surface area contributed by atoms with Crippen LogP contribution in [-0.4, -0.2) is 31.7 Å². The van der Waals surface area contributed by atoms with E-state index in [1.807, 2.05) is 18.2 Å². The Morgan fingerprint density at radius 3 is 1.46 bits per heavy atom. The summed E-state index contributed by atoms with van der Waals surface area (Å²) < 4.78 is 10.2. The average Bonchev–Trinajstić information content (AvgIpc) is 2.94. The van der Waals surface area contributed by atoms with E-state index in [0.717, 1.165) is 32.2 Å². The van der Waals surface area contributed by atoms with Crippen molar-refractivity contribution in [1.29, 1.82) is 0 Å². The van der Waals surface area contributed by atoms with Gasteiger partial charge in [0.05, 0.1) is 18.8 Å². The highest BCUT2D eigenvalue weighted by molar-refractivity contribution is 5.94.